The summed E-state index contributed by atoms with van der Waals surface area (Å²) in [5.74, 6) is 1.19. The molecule has 0 radical (unpaired) electrons. The van der Waals surface area contributed by atoms with Gasteiger partial charge in [-0.15, -0.1) is 0 Å². The standard InChI is InChI=1S/C18H16N4O3/c1-24-14-6-12-13(7-15(14)25-2)21-17-16(12)20-10-22(18(17)23)9-11-4-3-5-19-8-11/h3-8,10,21H,9H2,1-2H3. The van der Waals surface area contributed by atoms with Crippen molar-refractivity contribution in [3.63, 3.8) is 0 Å². The lowest BCUT2D eigenvalue weighted by molar-refractivity contribution is 0.356. The van der Waals surface area contributed by atoms with E-state index in [9.17, 15) is 4.79 Å². The van der Waals surface area contributed by atoms with Crippen molar-refractivity contribution in [2.24, 2.45) is 0 Å². The molecule has 126 valence electrons. The van der Waals surface area contributed by atoms with Crippen LogP contribution < -0.4 is 15.0 Å². The maximum atomic E-state index is 12.8. The van der Waals surface area contributed by atoms with Gasteiger partial charge >= 0.3 is 0 Å². The highest BCUT2D eigenvalue weighted by Crippen LogP contribution is 2.34. The molecule has 7 nitrogen and oxygen atoms in total. The molecule has 4 aromatic rings. The fourth-order valence-corrected chi connectivity index (χ4v) is 2.92. The Hall–Kier alpha value is -3.35. The molecule has 1 N–H and O–H groups in total. The summed E-state index contributed by atoms with van der Waals surface area (Å²) in [6, 6.07) is 7.39. The Bertz CT molecular complexity index is 1120. The van der Waals surface area contributed by atoms with Crippen LogP contribution in [0.1, 0.15) is 5.56 Å². The normalized spacial score (nSPS) is 11.1. The van der Waals surface area contributed by atoms with Gasteiger partial charge in [0.2, 0.25) is 0 Å². The molecular formula is C18H16N4O3. The van der Waals surface area contributed by atoms with Gasteiger partial charge in [0.15, 0.2) is 11.5 Å². The molecule has 0 saturated carbocycles. The first-order valence-electron chi connectivity index (χ1n) is 7.73. The number of rotatable bonds is 4. The monoisotopic (exact) mass is 336 g/mol. The maximum Gasteiger partial charge on any atom is 0.277 e. The summed E-state index contributed by atoms with van der Waals surface area (Å²) < 4.78 is 12.2. The molecule has 0 amide bonds. The second-order valence-electron chi connectivity index (χ2n) is 5.64. The summed E-state index contributed by atoms with van der Waals surface area (Å²) in [4.78, 5) is 24.5. The highest BCUT2D eigenvalue weighted by atomic mass is 16.5. The second-order valence-corrected chi connectivity index (χ2v) is 5.64. The van der Waals surface area contributed by atoms with E-state index in [1.807, 2.05) is 18.2 Å². The number of methoxy groups -OCH3 is 2. The first-order chi connectivity index (χ1) is 12.2. The first-order valence-corrected chi connectivity index (χ1v) is 7.73. The van der Waals surface area contributed by atoms with Crippen molar-refractivity contribution in [3.8, 4) is 11.5 Å². The number of nitrogens with one attached hydrogen (secondary N) is 1. The molecule has 0 spiro atoms. The van der Waals surface area contributed by atoms with Gasteiger partial charge in [0.1, 0.15) is 11.0 Å². The predicted molar refractivity (Wildman–Crippen MR) is 94.3 cm³/mol. The number of aromatic amines is 1. The molecule has 0 unspecified atom stereocenters. The van der Waals surface area contributed by atoms with Crippen molar-refractivity contribution < 1.29 is 9.47 Å². The summed E-state index contributed by atoms with van der Waals surface area (Å²) in [6.45, 7) is 0.414. The minimum Gasteiger partial charge on any atom is -0.493 e. The molecule has 0 aliphatic heterocycles. The number of nitrogens with zero attached hydrogens (tertiary/aromatic N) is 3. The number of pyridine rings is 1. The van der Waals surface area contributed by atoms with E-state index >= 15 is 0 Å². The van der Waals surface area contributed by atoms with E-state index in [4.69, 9.17) is 9.47 Å². The van der Waals surface area contributed by atoms with E-state index in [0.717, 1.165) is 16.5 Å². The average molecular weight is 336 g/mol. The molecule has 7 heteroatoms. The second kappa shape index (κ2) is 5.94. The Morgan fingerprint density at radius 1 is 1.20 bits per heavy atom. The quantitative estimate of drug-likeness (QED) is 0.618. The average Bonchev–Trinajstić information content (AvgIpc) is 3.02. The SMILES string of the molecule is COc1cc2[nH]c3c(=O)n(Cc4cccnc4)cnc3c2cc1OC. The minimum atomic E-state index is -0.136. The van der Waals surface area contributed by atoms with E-state index in [1.165, 1.54) is 0 Å². The summed E-state index contributed by atoms with van der Waals surface area (Å²) >= 11 is 0. The van der Waals surface area contributed by atoms with Crippen molar-refractivity contribution in [1.29, 1.82) is 0 Å². The molecule has 25 heavy (non-hydrogen) atoms. The van der Waals surface area contributed by atoms with Crippen LogP contribution in [0.5, 0.6) is 11.5 Å². The zero-order valence-corrected chi connectivity index (χ0v) is 13.8. The summed E-state index contributed by atoms with van der Waals surface area (Å²) in [7, 11) is 3.15. The minimum absolute atomic E-state index is 0.136. The molecule has 4 rings (SSSR count). The zero-order valence-electron chi connectivity index (χ0n) is 13.8. The number of aromatic nitrogens is 4. The van der Waals surface area contributed by atoms with E-state index in [1.54, 1.807) is 43.6 Å². The molecule has 0 saturated heterocycles. The molecule has 3 aromatic heterocycles. The lowest BCUT2D eigenvalue weighted by atomic mass is 10.2. The van der Waals surface area contributed by atoms with Crippen LogP contribution in [0.15, 0.2) is 47.8 Å². The molecule has 0 aliphatic rings. The van der Waals surface area contributed by atoms with Crippen molar-refractivity contribution in [2.45, 2.75) is 6.54 Å². The number of hydrogen-bond donors (Lipinski definition) is 1. The van der Waals surface area contributed by atoms with E-state index in [2.05, 4.69) is 15.0 Å². The third-order valence-corrected chi connectivity index (χ3v) is 4.15. The van der Waals surface area contributed by atoms with Gasteiger partial charge in [-0.25, -0.2) is 4.98 Å². The Morgan fingerprint density at radius 3 is 2.72 bits per heavy atom. The third kappa shape index (κ3) is 2.50. The third-order valence-electron chi connectivity index (χ3n) is 4.15. The smallest absolute Gasteiger partial charge is 0.277 e. The molecule has 1 aromatic carbocycles. The topological polar surface area (TPSA) is 82.0 Å². The maximum absolute atomic E-state index is 12.8. The fourth-order valence-electron chi connectivity index (χ4n) is 2.92. The van der Waals surface area contributed by atoms with Gasteiger partial charge in [-0.3, -0.25) is 14.3 Å². The highest BCUT2D eigenvalue weighted by molar-refractivity contribution is 6.05. The summed E-state index contributed by atoms with van der Waals surface area (Å²) in [5, 5.41) is 0.818. The number of benzene rings is 1. The molecule has 0 aliphatic carbocycles. The molecular weight excluding hydrogens is 320 g/mol. The Morgan fingerprint density at radius 2 is 2.00 bits per heavy atom. The lowest BCUT2D eigenvalue weighted by Gasteiger charge is -2.07. The number of ether oxygens (including phenoxy) is 2. The lowest BCUT2D eigenvalue weighted by Crippen LogP contribution is -2.21. The molecule has 0 fully saturated rings. The van der Waals surface area contributed by atoms with Crippen LogP contribution in [-0.2, 0) is 6.54 Å². The van der Waals surface area contributed by atoms with Crippen molar-refractivity contribution in [2.75, 3.05) is 14.2 Å². The summed E-state index contributed by atoms with van der Waals surface area (Å²) in [6.07, 6.45) is 4.99. The first kappa shape index (κ1) is 15.2. The van der Waals surface area contributed by atoms with E-state index in [-0.39, 0.29) is 5.56 Å². The molecule has 0 atom stereocenters. The predicted octanol–water partition coefficient (Wildman–Crippen LogP) is 2.34. The highest BCUT2D eigenvalue weighted by Gasteiger charge is 2.14. The van der Waals surface area contributed by atoms with Gasteiger partial charge in [0.25, 0.3) is 5.56 Å². The molecule has 0 bridgehead atoms. The molecule has 3 heterocycles. The van der Waals surface area contributed by atoms with Gasteiger partial charge in [-0.05, 0) is 17.7 Å². The largest absolute Gasteiger partial charge is 0.493 e. The van der Waals surface area contributed by atoms with Crippen LogP contribution in [-0.4, -0.2) is 33.7 Å². The Labute approximate surface area is 142 Å². The Kier molecular flexibility index (Phi) is 3.61. The number of fused-ring (bicyclic) bond motifs is 3. The number of H-pyrrole nitrogens is 1. The van der Waals surface area contributed by atoms with Gasteiger partial charge in [-0.1, -0.05) is 6.07 Å². The Balaban J connectivity index is 1.89. The van der Waals surface area contributed by atoms with Crippen LogP contribution in [0.3, 0.4) is 0 Å². The van der Waals surface area contributed by atoms with Gasteiger partial charge in [0, 0.05) is 23.8 Å². The zero-order chi connectivity index (χ0) is 17.4. The van der Waals surface area contributed by atoms with Gasteiger partial charge < -0.3 is 14.5 Å². The summed E-state index contributed by atoms with van der Waals surface area (Å²) in [5.41, 5.74) is 2.64. The van der Waals surface area contributed by atoms with E-state index in [0.29, 0.717) is 29.1 Å². The van der Waals surface area contributed by atoms with Crippen molar-refractivity contribution in [3.05, 3.63) is 58.9 Å². The van der Waals surface area contributed by atoms with Crippen LogP contribution in [0.25, 0.3) is 21.9 Å². The fraction of sp³-hybridized carbons (Fsp3) is 0.167. The number of hydrogen-bond acceptors (Lipinski definition) is 5. The van der Waals surface area contributed by atoms with Crippen LogP contribution >= 0.6 is 0 Å². The van der Waals surface area contributed by atoms with Crippen molar-refractivity contribution >= 4 is 21.9 Å². The van der Waals surface area contributed by atoms with Gasteiger partial charge in [-0.2, -0.15) is 0 Å². The van der Waals surface area contributed by atoms with Crippen molar-refractivity contribution in [1.82, 2.24) is 19.5 Å². The van der Waals surface area contributed by atoms with Crippen LogP contribution in [0.2, 0.25) is 0 Å². The van der Waals surface area contributed by atoms with Gasteiger partial charge in [0.05, 0.1) is 32.6 Å². The van der Waals surface area contributed by atoms with E-state index < -0.39 is 0 Å². The van der Waals surface area contributed by atoms with Crippen LogP contribution in [0, 0.1) is 0 Å². The van der Waals surface area contributed by atoms with Crippen LogP contribution in [0.4, 0.5) is 0 Å².